The highest BCUT2D eigenvalue weighted by molar-refractivity contribution is 8.23. The maximum absolute atomic E-state index is 13.4. The number of halogens is 1. The highest BCUT2D eigenvalue weighted by Gasteiger charge is 2.30. The number of aromatic nitrogens is 2. The summed E-state index contributed by atoms with van der Waals surface area (Å²) in [7, 11) is -3.54. The minimum absolute atomic E-state index is 0.0948. The smallest absolute Gasteiger partial charge is 0.266 e. The number of thiophene rings is 1. The first kappa shape index (κ1) is 19.5. The van der Waals surface area contributed by atoms with E-state index in [9.17, 15) is 19.0 Å². The number of fused-ring (bicyclic) bond motifs is 2. The summed E-state index contributed by atoms with van der Waals surface area (Å²) >= 11 is 8.44. The molecule has 4 N–H and O–H groups in total. The Hall–Kier alpha value is -2.41. The molecule has 154 valence electrons. The lowest BCUT2D eigenvalue weighted by Gasteiger charge is -2.34. The molecule has 0 fully saturated rings. The summed E-state index contributed by atoms with van der Waals surface area (Å²) in [6.07, 6.45) is 1.59. The second kappa shape index (κ2) is 7.08. The second-order valence-electron chi connectivity index (χ2n) is 6.41. The maximum atomic E-state index is 13.4. The molecule has 1 aliphatic rings. The molecule has 0 spiro atoms. The Kier molecular flexibility index (Phi) is 4.61. The van der Waals surface area contributed by atoms with Gasteiger partial charge in [-0.2, -0.15) is 0 Å². The number of anilines is 1. The zero-order valence-corrected chi connectivity index (χ0v) is 18.1. The lowest BCUT2D eigenvalue weighted by Crippen LogP contribution is -2.32. The Labute approximate surface area is 184 Å². The molecule has 0 saturated carbocycles. The molecule has 3 aromatic heterocycles. The van der Waals surface area contributed by atoms with Crippen LogP contribution in [0.5, 0.6) is 5.75 Å². The maximum Gasteiger partial charge on any atom is 0.266 e. The van der Waals surface area contributed by atoms with Crippen molar-refractivity contribution in [3.63, 3.8) is 0 Å². The number of amidine groups is 1. The standard InChI is InChI=1S/C18H13ClN4O4S3/c19-18-20-7-9(29-18)8-23-11-5-6-28-15(11)14(24)13(17(23)25)16-21-10-3-1-2-4-12(10)30(26,27)22-16/h1-7,24,26-27H,8H2,(H,21,22). The van der Waals surface area contributed by atoms with E-state index in [1.165, 1.54) is 27.2 Å². The zero-order chi connectivity index (χ0) is 21.0. The average Bonchev–Trinajstić information content (AvgIpc) is 3.34. The van der Waals surface area contributed by atoms with Crippen LogP contribution in [0.15, 0.2) is 56.0 Å². The van der Waals surface area contributed by atoms with Crippen LogP contribution in [0.1, 0.15) is 10.4 Å². The number of hydrogen-bond acceptors (Lipinski definition) is 9. The van der Waals surface area contributed by atoms with Crippen molar-refractivity contribution in [2.24, 2.45) is 4.40 Å². The number of nitrogens with zero attached hydrogens (tertiary/aromatic N) is 3. The van der Waals surface area contributed by atoms with Crippen LogP contribution < -0.4 is 10.9 Å². The largest absolute Gasteiger partial charge is 0.505 e. The zero-order valence-electron chi connectivity index (χ0n) is 14.9. The molecule has 5 rings (SSSR count). The van der Waals surface area contributed by atoms with Crippen LogP contribution in [0.25, 0.3) is 10.2 Å². The first-order valence-electron chi connectivity index (χ1n) is 8.53. The third-order valence-electron chi connectivity index (χ3n) is 4.58. The predicted molar refractivity (Wildman–Crippen MR) is 122 cm³/mol. The Morgan fingerprint density at radius 2 is 2.03 bits per heavy atom. The highest BCUT2D eigenvalue weighted by Crippen LogP contribution is 2.55. The number of thiazole rings is 1. The van der Waals surface area contributed by atoms with Crippen molar-refractivity contribution in [1.82, 2.24) is 9.55 Å². The number of benzene rings is 1. The van der Waals surface area contributed by atoms with E-state index in [1.807, 2.05) is 0 Å². The van der Waals surface area contributed by atoms with Gasteiger partial charge >= 0.3 is 0 Å². The molecule has 12 heteroatoms. The third kappa shape index (κ3) is 3.11. The number of para-hydroxylation sites is 1. The van der Waals surface area contributed by atoms with Gasteiger partial charge in [0.05, 0.1) is 22.4 Å². The number of hydrogen-bond donors (Lipinski definition) is 4. The fourth-order valence-corrected chi connectivity index (χ4v) is 6.26. The van der Waals surface area contributed by atoms with Crippen molar-refractivity contribution in [2.75, 3.05) is 5.32 Å². The molecular formula is C18H13ClN4O4S3. The summed E-state index contributed by atoms with van der Waals surface area (Å²) in [6, 6.07) is 8.32. The number of pyridine rings is 1. The molecular weight excluding hydrogens is 468 g/mol. The SMILES string of the molecule is O=c1c(C2=NS(O)(O)c3ccccc3N2)c(O)c2sccc2n1Cc1cnc(Cl)s1. The van der Waals surface area contributed by atoms with Crippen molar-refractivity contribution >= 4 is 66.8 Å². The average molecular weight is 481 g/mol. The first-order chi connectivity index (χ1) is 14.3. The van der Waals surface area contributed by atoms with Crippen LogP contribution in [-0.4, -0.2) is 29.6 Å². The quantitative estimate of drug-likeness (QED) is 0.333. The Morgan fingerprint density at radius 3 is 2.80 bits per heavy atom. The number of nitrogens with one attached hydrogen (secondary N) is 1. The van der Waals surface area contributed by atoms with E-state index in [-0.39, 0.29) is 28.6 Å². The Morgan fingerprint density at radius 1 is 1.23 bits per heavy atom. The van der Waals surface area contributed by atoms with Crippen molar-refractivity contribution in [3.05, 3.63) is 67.2 Å². The van der Waals surface area contributed by atoms with E-state index in [0.717, 1.165) is 4.88 Å². The molecule has 0 radical (unpaired) electrons. The van der Waals surface area contributed by atoms with E-state index in [4.69, 9.17) is 11.6 Å². The number of rotatable bonds is 3. The van der Waals surface area contributed by atoms with Crippen LogP contribution in [0, 0.1) is 0 Å². The summed E-state index contributed by atoms with van der Waals surface area (Å²) in [4.78, 5) is 18.4. The molecule has 8 nitrogen and oxygen atoms in total. The van der Waals surface area contributed by atoms with Crippen LogP contribution in [0.4, 0.5) is 5.69 Å². The molecule has 4 aromatic rings. The van der Waals surface area contributed by atoms with Crippen LogP contribution in [-0.2, 0) is 6.54 Å². The molecule has 0 atom stereocenters. The topological polar surface area (TPSA) is 120 Å². The Balaban J connectivity index is 1.72. The molecule has 30 heavy (non-hydrogen) atoms. The Bertz CT molecular complexity index is 1390. The second-order valence-corrected chi connectivity index (χ2v) is 10.7. The summed E-state index contributed by atoms with van der Waals surface area (Å²) in [6.45, 7) is 0.198. The summed E-state index contributed by atoms with van der Waals surface area (Å²) in [5, 5.41) is 15.6. The van der Waals surface area contributed by atoms with Gasteiger partial charge in [-0.05, 0) is 23.6 Å². The molecule has 0 amide bonds. The van der Waals surface area contributed by atoms with Gasteiger partial charge in [0, 0.05) is 11.1 Å². The van der Waals surface area contributed by atoms with Gasteiger partial charge in [-0.15, -0.1) is 27.1 Å². The minimum Gasteiger partial charge on any atom is -0.505 e. The van der Waals surface area contributed by atoms with E-state index in [0.29, 0.717) is 20.4 Å². The van der Waals surface area contributed by atoms with Crippen LogP contribution >= 0.6 is 45.1 Å². The predicted octanol–water partition coefficient (Wildman–Crippen LogP) is 4.82. The van der Waals surface area contributed by atoms with Crippen LogP contribution in [0.2, 0.25) is 4.47 Å². The summed E-state index contributed by atoms with van der Waals surface area (Å²) in [5.74, 6) is -0.355. The van der Waals surface area contributed by atoms with E-state index >= 15 is 0 Å². The van der Waals surface area contributed by atoms with Gasteiger partial charge in [-0.3, -0.25) is 13.9 Å². The van der Waals surface area contributed by atoms with E-state index in [1.54, 1.807) is 41.9 Å². The fraction of sp³-hybridized carbons (Fsp3) is 0.0556. The van der Waals surface area contributed by atoms with Crippen molar-refractivity contribution in [3.8, 4) is 5.75 Å². The number of aromatic hydroxyl groups is 1. The molecule has 4 heterocycles. The molecule has 0 bridgehead atoms. The van der Waals surface area contributed by atoms with Crippen molar-refractivity contribution < 1.29 is 14.2 Å². The lowest BCUT2D eigenvalue weighted by atomic mass is 10.2. The van der Waals surface area contributed by atoms with E-state index < -0.39 is 16.3 Å². The summed E-state index contributed by atoms with van der Waals surface area (Å²) in [5.41, 5.74) is 0.311. The van der Waals surface area contributed by atoms with Crippen LogP contribution in [0.3, 0.4) is 0 Å². The van der Waals surface area contributed by atoms with E-state index in [2.05, 4.69) is 14.7 Å². The van der Waals surface area contributed by atoms with Gasteiger partial charge in [0.1, 0.15) is 10.5 Å². The van der Waals surface area contributed by atoms with Gasteiger partial charge in [-0.1, -0.05) is 34.5 Å². The van der Waals surface area contributed by atoms with Crippen molar-refractivity contribution in [2.45, 2.75) is 11.4 Å². The molecule has 0 aliphatic carbocycles. The highest BCUT2D eigenvalue weighted by atomic mass is 35.5. The molecule has 1 aromatic carbocycles. The first-order valence-corrected chi connectivity index (χ1v) is 12.1. The minimum atomic E-state index is -3.54. The van der Waals surface area contributed by atoms with Crippen molar-refractivity contribution in [1.29, 1.82) is 0 Å². The van der Waals surface area contributed by atoms with Gasteiger partial charge in [0.2, 0.25) is 0 Å². The normalized spacial score (nSPS) is 16.0. The molecule has 0 unspecified atom stereocenters. The van der Waals surface area contributed by atoms with Gasteiger partial charge in [0.15, 0.2) is 16.1 Å². The third-order valence-corrected chi connectivity index (χ3v) is 7.97. The van der Waals surface area contributed by atoms with Gasteiger partial charge < -0.3 is 15.0 Å². The molecule has 0 saturated heterocycles. The van der Waals surface area contributed by atoms with Gasteiger partial charge in [-0.25, -0.2) is 4.98 Å². The van der Waals surface area contributed by atoms with Gasteiger partial charge in [0.25, 0.3) is 5.56 Å². The monoisotopic (exact) mass is 480 g/mol. The summed E-state index contributed by atoms with van der Waals surface area (Å²) < 4.78 is 27.4. The molecule has 1 aliphatic heterocycles. The fourth-order valence-electron chi connectivity index (χ4n) is 3.28. The lowest BCUT2D eigenvalue weighted by molar-refractivity contribution is 0.478.